The van der Waals surface area contributed by atoms with Crippen LogP contribution in [0.4, 0.5) is 0 Å². The fourth-order valence-electron chi connectivity index (χ4n) is 4.00. The Hall–Kier alpha value is -4.54. The van der Waals surface area contributed by atoms with Crippen LogP contribution in [-0.4, -0.2) is 16.2 Å². The molecule has 0 fully saturated rings. The van der Waals surface area contributed by atoms with Gasteiger partial charge in [-0.2, -0.15) is 5.26 Å². The second-order valence-corrected chi connectivity index (χ2v) is 8.51. The topological polar surface area (TPSA) is 114 Å². The van der Waals surface area contributed by atoms with E-state index in [1.54, 1.807) is 48.5 Å². The normalized spacial score (nSPS) is 14.6. The average Bonchev–Trinajstić information content (AvgIpc) is 3.28. The Labute approximate surface area is 206 Å². The van der Waals surface area contributed by atoms with E-state index in [-0.39, 0.29) is 11.5 Å². The fourth-order valence-corrected chi connectivity index (χ4v) is 4.12. The Bertz CT molecular complexity index is 1480. The molecule has 2 heterocycles. The van der Waals surface area contributed by atoms with Crippen LogP contribution in [-0.2, 0) is 0 Å². The monoisotopic (exact) mass is 482 g/mol. The Morgan fingerprint density at radius 1 is 1.09 bits per heavy atom. The number of nitrogens with two attached hydrogens (primary N) is 1. The molecule has 172 valence electrons. The summed E-state index contributed by atoms with van der Waals surface area (Å²) in [5.74, 6) is -0.325. The molecule has 7 nitrogen and oxygen atoms in total. The van der Waals surface area contributed by atoms with Gasteiger partial charge in [0.05, 0.1) is 22.7 Å². The van der Waals surface area contributed by atoms with Gasteiger partial charge in [0.2, 0.25) is 11.8 Å². The minimum atomic E-state index is -0.514. The molecule has 0 amide bonds. The molecule has 1 aliphatic heterocycles. The number of allylic oxidation sites excluding steroid dienone is 1. The lowest BCUT2D eigenvalue weighted by Crippen LogP contribution is -2.21. The Morgan fingerprint density at radius 3 is 2.43 bits per heavy atom. The summed E-state index contributed by atoms with van der Waals surface area (Å²) in [5, 5.41) is 17.8. The Balaban J connectivity index is 1.50. The standard InChI is InChI=1S/C27H19ClN4O3/c1-15-2-4-17(5-3-15)24-23-22(21(14-29)25(30)35-26(23)32-31-24)16-8-12-20(13-9-16)34-27(33)18-6-10-19(28)11-7-18/h2-13,22H,30H2,1H3,(H,31,32). The first-order valence-electron chi connectivity index (χ1n) is 10.7. The van der Waals surface area contributed by atoms with Gasteiger partial charge in [-0.3, -0.25) is 5.10 Å². The highest BCUT2D eigenvalue weighted by atomic mass is 35.5. The van der Waals surface area contributed by atoms with E-state index in [4.69, 9.17) is 26.8 Å². The van der Waals surface area contributed by atoms with E-state index in [0.29, 0.717) is 27.8 Å². The number of carbonyl (C=O) groups is 1. The molecular weight excluding hydrogens is 464 g/mol. The van der Waals surface area contributed by atoms with Crippen molar-refractivity contribution in [1.82, 2.24) is 10.2 Å². The van der Waals surface area contributed by atoms with Crippen molar-refractivity contribution in [3.63, 3.8) is 0 Å². The van der Waals surface area contributed by atoms with Crippen LogP contribution < -0.4 is 15.2 Å². The number of nitriles is 1. The highest BCUT2D eigenvalue weighted by Gasteiger charge is 2.35. The zero-order valence-electron chi connectivity index (χ0n) is 18.6. The summed E-state index contributed by atoms with van der Waals surface area (Å²) in [6.07, 6.45) is 0. The van der Waals surface area contributed by atoms with Crippen LogP contribution in [0.25, 0.3) is 11.3 Å². The quantitative estimate of drug-likeness (QED) is 0.294. The van der Waals surface area contributed by atoms with Crippen molar-refractivity contribution in [2.75, 3.05) is 0 Å². The Morgan fingerprint density at radius 2 is 1.77 bits per heavy atom. The number of nitrogens with zero attached hydrogens (tertiary/aromatic N) is 2. The zero-order valence-corrected chi connectivity index (χ0v) is 19.3. The van der Waals surface area contributed by atoms with Crippen LogP contribution >= 0.6 is 11.6 Å². The van der Waals surface area contributed by atoms with Gasteiger partial charge in [-0.05, 0) is 48.9 Å². The number of fused-ring (bicyclic) bond motifs is 1. The second-order valence-electron chi connectivity index (χ2n) is 8.07. The molecule has 5 rings (SSSR count). The molecular formula is C27H19ClN4O3. The molecule has 0 saturated heterocycles. The number of aryl methyl sites for hydroxylation is 1. The number of hydrogen-bond donors (Lipinski definition) is 2. The SMILES string of the molecule is Cc1ccc(-c2[nH]nc3c2C(c2ccc(OC(=O)c4ccc(Cl)cc4)cc2)C(C#N)=C(N)O3)cc1. The van der Waals surface area contributed by atoms with E-state index < -0.39 is 11.9 Å². The van der Waals surface area contributed by atoms with E-state index in [1.807, 2.05) is 31.2 Å². The molecule has 8 heteroatoms. The van der Waals surface area contributed by atoms with E-state index in [9.17, 15) is 10.1 Å². The van der Waals surface area contributed by atoms with Crippen molar-refractivity contribution in [2.24, 2.45) is 5.73 Å². The van der Waals surface area contributed by atoms with Gasteiger partial charge in [0.1, 0.15) is 17.4 Å². The van der Waals surface area contributed by atoms with Gasteiger partial charge in [-0.1, -0.05) is 53.6 Å². The maximum Gasteiger partial charge on any atom is 0.343 e. The van der Waals surface area contributed by atoms with Crippen LogP contribution in [0.1, 0.15) is 33.0 Å². The number of carbonyl (C=O) groups excluding carboxylic acids is 1. The molecule has 3 N–H and O–H groups in total. The first-order chi connectivity index (χ1) is 16.9. The third kappa shape index (κ3) is 4.23. The van der Waals surface area contributed by atoms with Gasteiger partial charge in [0, 0.05) is 10.6 Å². The van der Waals surface area contributed by atoms with E-state index in [1.165, 1.54) is 0 Å². The molecule has 0 radical (unpaired) electrons. The number of nitrogens with one attached hydrogen (secondary N) is 1. The van der Waals surface area contributed by atoms with Crippen molar-refractivity contribution in [3.05, 3.63) is 112 Å². The number of halogens is 1. The van der Waals surface area contributed by atoms with Gasteiger partial charge in [-0.25, -0.2) is 4.79 Å². The number of benzene rings is 3. The molecule has 3 aromatic carbocycles. The molecule has 1 unspecified atom stereocenters. The largest absolute Gasteiger partial charge is 0.423 e. The van der Waals surface area contributed by atoms with Crippen molar-refractivity contribution >= 4 is 17.6 Å². The lowest BCUT2D eigenvalue weighted by molar-refractivity contribution is 0.0734. The van der Waals surface area contributed by atoms with Gasteiger partial charge in [0.15, 0.2) is 0 Å². The molecule has 35 heavy (non-hydrogen) atoms. The summed E-state index contributed by atoms with van der Waals surface area (Å²) in [6.45, 7) is 2.01. The Kier molecular flexibility index (Phi) is 5.73. The van der Waals surface area contributed by atoms with Gasteiger partial charge >= 0.3 is 5.97 Å². The molecule has 0 bridgehead atoms. The van der Waals surface area contributed by atoms with Crippen LogP contribution in [0.2, 0.25) is 5.02 Å². The minimum Gasteiger partial charge on any atom is -0.423 e. The van der Waals surface area contributed by atoms with Crippen LogP contribution in [0, 0.1) is 18.3 Å². The molecule has 1 aromatic heterocycles. The predicted octanol–water partition coefficient (Wildman–Crippen LogP) is 5.48. The summed E-state index contributed by atoms with van der Waals surface area (Å²) in [4.78, 5) is 12.4. The number of ether oxygens (including phenoxy) is 2. The first kappa shape index (κ1) is 22.3. The molecule has 1 atom stereocenters. The van der Waals surface area contributed by atoms with Crippen LogP contribution in [0.5, 0.6) is 11.6 Å². The van der Waals surface area contributed by atoms with Crippen molar-refractivity contribution in [3.8, 4) is 29.0 Å². The number of aromatic nitrogens is 2. The maximum absolute atomic E-state index is 12.4. The summed E-state index contributed by atoms with van der Waals surface area (Å²) in [5.41, 5.74) is 11.0. The summed E-state index contributed by atoms with van der Waals surface area (Å²) in [7, 11) is 0. The molecule has 0 aliphatic carbocycles. The minimum absolute atomic E-state index is 0.00481. The lowest BCUT2D eigenvalue weighted by Gasteiger charge is -2.24. The third-order valence-electron chi connectivity index (χ3n) is 5.78. The van der Waals surface area contributed by atoms with Crippen molar-refractivity contribution in [1.29, 1.82) is 5.26 Å². The number of rotatable bonds is 4. The second kappa shape index (κ2) is 9.01. The van der Waals surface area contributed by atoms with Gasteiger partial charge < -0.3 is 15.2 Å². The lowest BCUT2D eigenvalue weighted by atomic mass is 9.83. The maximum atomic E-state index is 12.4. The summed E-state index contributed by atoms with van der Waals surface area (Å²) < 4.78 is 11.1. The highest BCUT2D eigenvalue weighted by Crippen LogP contribution is 2.45. The number of hydrogen-bond acceptors (Lipinski definition) is 6. The molecule has 0 spiro atoms. The third-order valence-corrected chi connectivity index (χ3v) is 6.04. The van der Waals surface area contributed by atoms with Crippen LogP contribution in [0.15, 0.2) is 84.3 Å². The highest BCUT2D eigenvalue weighted by molar-refractivity contribution is 6.30. The fraction of sp³-hybridized carbons (Fsp3) is 0.0741. The molecule has 4 aromatic rings. The number of H-pyrrole nitrogens is 1. The first-order valence-corrected chi connectivity index (χ1v) is 11.1. The number of aromatic amines is 1. The summed E-state index contributed by atoms with van der Waals surface area (Å²) in [6, 6.07) is 23.5. The van der Waals surface area contributed by atoms with Crippen molar-refractivity contribution < 1.29 is 14.3 Å². The van der Waals surface area contributed by atoms with Crippen LogP contribution in [0.3, 0.4) is 0 Å². The average molecular weight is 483 g/mol. The van der Waals surface area contributed by atoms with Crippen molar-refractivity contribution in [2.45, 2.75) is 12.8 Å². The molecule has 1 aliphatic rings. The van der Waals surface area contributed by atoms with Gasteiger partial charge in [-0.15, -0.1) is 5.10 Å². The zero-order chi connectivity index (χ0) is 24.5. The number of esters is 1. The van der Waals surface area contributed by atoms with Gasteiger partial charge in [0.25, 0.3) is 0 Å². The smallest absolute Gasteiger partial charge is 0.343 e. The predicted molar refractivity (Wildman–Crippen MR) is 131 cm³/mol. The summed E-state index contributed by atoms with van der Waals surface area (Å²) >= 11 is 5.88. The molecule has 0 saturated carbocycles. The van der Waals surface area contributed by atoms with E-state index in [0.717, 1.165) is 22.4 Å². The van der Waals surface area contributed by atoms with E-state index >= 15 is 0 Å². The van der Waals surface area contributed by atoms with E-state index in [2.05, 4.69) is 16.3 Å².